The van der Waals surface area contributed by atoms with Gasteiger partial charge in [-0.1, -0.05) is 0 Å². The molecule has 2 unspecified atom stereocenters. The van der Waals surface area contributed by atoms with Crippen LogP contribution in [0.15, 0.2) is 0 Å². The van der Waals surface area contributed by atoms with E-state index in [1.54, 1.807) is 0 Å². The molecular weight excluding hydrogens is 154 g/mol. The zero-order chi connectivity index (χ0) is 7.68. The van der Waals surface area contributed by atoms with Gasteiger partial charge >= 0.3 is 0 Å². The Labute approximate surface area is 73.3 Å². The number of nitrogens with one attached hydrogen (secondary N) is 1. The summed E-state index contributed by atoms with van der Waals surface area (Å²) in [5, 5.41) is 4.65. The van der Waals surface area contributed by atoms with E-state index in [4.69, 9.17) is 0 Å². The molecule has 2 aliphatic carbocycles. The molecule has 2 atom stereocenters. The Morgan fingerprint density at radius 1 is 1.09 bits per heavy atom. The van der Waals surface area contributed by atoms with Crippen LogP contribution in [-0.2, 0) is 0 Å². The first-order chi connectivity index (χ1) is 5.38. The van der Waals surface area contributed by atoms with Gasteiger partial charge in [-0.3, -0.25) is 0 Å². The second-order valence-electron chi connectivity index (χ2n) is 3.81. The van der Waals surface area contributed by atoms with Crippen LogP contribution in [0.2, 0.25) is 0 Å². The molecule has 2 fully saturated rings. The molecule has 11 heavy (non-hydrogen) atoms. The maximum atomic E-state index is 3.70. The van der Waals surface area contributed by atoms with Gasteiger partial charge in [0.15, 0.2) is 0 Å². The van der Waals surface area contributed by atoms with Crippen LogP contribution in [0.3, 0.4) is 0 Å². The lowest BCUT2D eigenvalue weighted by Crippen LogP contribution is -2.28. The number of hydrogen-bond donors (Lipinski definition) is 1. The zero-order valence-electron chi connectivity index (χ0n) is 7.18. The van der Waals surface area contributed by atoms with Crippen LogP contribution in [0.5, 0.6) is 0 Å². The van der Waals surface area contributed by atoms with Gasteiger partial charge in [-0.25, -0.2) is 0 Å². The van der Waals surface area contributed by atoms with Crippen molar-refractivity contribution in [2.24, 2.45) is 0 Å². The van der Waals surface area contributed by atoms with E-state index in [9.17, 15) is 0 Å². The Kier molecular flexibility index (Phi) is 2.42. The summed E-state index contributed by atoms with van der Waals surface area (Å²) >= 11 is 2.04. The van der Waals surface area contributed by atoms with Gasteiger partial charge in [0.25, 0.3) is 0 Å². The average Bonchev–Trinajstić information content (AvgIpc) is 2.68. The lowest BCUT2D eigenvalue weighted by atomic mass is 10.2. The van der Waals surface area contributed by atoms with Crippen LogP contribution in [0.4, 0.5) is 0 Å². The molecule has 1 N–H and O–H groups in total. The Hall–Kier alpha value is 0.310. The minimum absolute atomic E-state index is 0.861. The predicted molar refractivity (Wildman–Crippen MR) is 51.1 cm³/mol. The highest BCUT2D eigenvalue weighted by atomic mass is 32.2. The smallest absolute Gasteiger partial charge is 0.00805 e. The Morgan fingerprint density at radius 2 is 1.82 bits per heavy atom. The molecule has 0 radical (unpaired) electrons. The topological polar surface area (TPSA) is 12.0 Å². The quantitative estimate of drug-likeness (QED) is 0.697. The zero-order valence-corrected chi connectivity index (χ0v) is 7.99. The SMILES string of the molecule is CSC1CCC(NC2CC2)C1. The fraction of sp³-hybridized carbons (Fsp3) is 1.00. The summed E-state index contributed by atoms with van der Waals surface area (Å²) in [5.41, 5.74) is 0. The molecule has 2 heteroatoms. The van der Waals surface area contributed by atoms with Crippen LogP contribution < -0.4 is 5.32 Å². The van der Waals surface area contributed by atoms with Crippen molar-refractivity contribution < 1.29 is 0 Å². The molecule has 0 spiro atoms. The molecule has 1 nitrogen and oxygen atoms in total. The minimum Gasteiger partial charge on any atom is -0.311 e. The van der Waals surface area contributed by atoms with Gasteiger partial charge < -0.3 is 5.32 Å². The lowest BCUT2D eigenvalue weighted by molar-refractivity contribution is 0.522. The van der Waals surface area contributed by atoms with E-state index in [0.29, 0.717) is 0 Å². The van der Waals surface area contributed by atoms with E-state index in [-0.39, 0.29) is 0 Å². The van der Waals surface area contributed by atoms with Crippen LogP contribution in [0.1, 0.15) is 32.1 Å². The maximum Gasteiger partial charge on any atom is 0.00805 e. The van der Waals surface area contributed by atoms with Crippen molar-refractivity contribution in [3.63, 3.8) is 0 Å². The van der Waals surface area contributed by atoms with Crippen molar-refractivity contribution in [2.45, 2.75) is 49.4 Å². The highest BCUT2D eigenvalue weighted by Gasteiger charge is 2.29. The fourth-order valence-electron chi connectivity index (χ4n) is 1.89. The third kappa shape index (κ3) is 2.12. The summed E-state index contributed by atoms with van der Waals surface area (Å²) in [4.78, 5) is 0. The molecule has 0 aromatic heterocycles. The van der Waals surface area contributed by atoms with Crippen LogP contribution in [0, 0.1) is 0 Å². The number of rotatable bonds is 3. The Balaban J connectivity index is 1.70. The normalized spacial score (nSPS) is 37.9. The van der Waals surface area contributed by atoms with Gasteiger partial charge in [-0.2, -0.15) is 11.8 Å². The molecular formula is C9H17NS. The standard InChI is InChI=1S/C9H17NS/c1-11-9-5-4-8(6-9)10-7-2-3-7/h7-10H,2-6H2,1H3. The van der Waals surface area contributed by atoms with E-state index in [0.717, 1.165) is 17.3 Å². The van der Waals surface area contributed by atoms with Crippen molar-refractivity contribution in [2.75, 3.05) is 6.26 Å². The fourth-order valence-corrected chi connectivity index (χ4v) is 2.69. The maximum absolute atomic E-state index is 3.70. The second kappa shape index (κ2) is 3.36. The van der Waals surface area contributed by atoms with Crippen molar-refractivity contribution >= 4 is 11.8 Å². The van der Waals surface area contributed by atoms with E-state index in [1.165, 1.54) is 32.1 Å². The summed E-state index contributed by atoms with van der Waals surface area (Å²) in [5.74, 6) is 0. The van der Waals surface area contributed by atoms with Crippen molar-refractivity contribution in [1.29, 1.82) is 0 Å². The van der Waals surface area contributed by atoms with Crippen molar-refractivity contribution in [1.82, 2.24) is 5.32 Å². The first-order valence-corrected chi connectivity index (χ1v) is 5.96. The van der Waals surface area contributed by atoms with Gasteiger partial charge in [0.2, 0.25) is 0 Å². The molecule has 0 aromatic rings. The molecule has 2 rings (SSSR count). The Bertz CT molecular complexity index is 134. The first-order valence-electron chi connectivity index (χ1n) is 4.67. The third-order valence-electron chi connectivity index (χ3n) is 2.77. The molecule has 0 amide bonds. The lowest BCUT2D eigenvalue weighted by Gasteiger charge is -2.10. The van der Waals surface area contributed by atoms with Crippen molar-refractivity contribution in [3.8, 4) is 0 Å². The largest absolute Gasteiger partial charge is 0.311 e. The summed E-state index contributed by atoms with van der Waals surface area (Å²) in [6.07, 6.45) is 9.37. The van der Waals surface area contributed by atoms with E-state index in [1.807, 2.05) is 11.8 Å². The monoisotopic (exact) mass is 171 g/mol. The van der Waals surface area contributed by atoms with Crippen LogP contribution >= 0.6 is 11.8 Å². The highest BCUT2D eigenvalue weighted by Crippen LogP contribution is 2.30. The average molecular weight is 171 g/mol. The first kappa shape index (κ1) is 7.93. The van der Waals surface area contributed by atoms with Gasteiger partial charge in [0.1, 0.15) is 0 Å². The van der Waals surface area contributed by atoms with E-state index in [2.05, 4.69) is 11.6 Å². The van der Waals surface area contributed by atoms with Crippen LogP contribution in [-0.4, -0.2) is 23.6 Å². The molecule has 2 saturated carbocycles. The molecule has 0 bridgehead atoms. The molecule has 64 valence electrons. The van der Waals surface area contributed by atoms with Gasteiger partial charge in [-0.15, -0.1) is 0 Å². The molecule has 0 heterocycles. The third-order valence-corrected chi connectivity index (χ3v) is 3.86. The van der Waals surface area contributed by atoms with E-state index < -0.39 is 0 Å². The summed E-state index contributed by atoms with van der Waals surface area (Å²) in [6.45, 7) is 0. The molecule has 0 aliphatic heterocycles. The molecule has 2 aliphatic rings. The second-order valence-corrected chi connectivity index (χ2v) is 4.95. The summed E-state index contributed by atoms with van der Waals surface area (Å²) in [6, 6.07) is 1.76. The number of hydrogen-bond acceptors (Lipinski definition) is 2. The molecule has 0 saturated heterocycles. The van der Waals surface area contributed by atoms with Gasteiger partial charge in [-0.05, 0) is 38.4 Å². The Morgan fingerprint density at radius 3 is 2.36 bits per heavy atom. The summed E-state index contributed by atoms with van der Waals surface area (Å²) < 4.78 is 0. The molecule has 0 aromatic carbocycles. The van der Waals surface area contributed by atoms with Gasteiger partial charge in [0.05, 0.1) is 0 Å². The summed E-state index contributed by atoms with van der Waals surface area (Å²) in [7, 11) is 0. The number of thioether (sulfide) groups is 1. The van der Waals surface area contributed by atoms with Crippen LogP contribution in [0.25, 0.3) is 0 Å². The predicted octanol–water partition coefficient (Wildman–Crippen LogP) is 2.02. The van der Waals surface area contributed by atoms with E-state index >= 15 is 0 Å². The van der Waals surface area contributed by atoms with Crippen molar-refractivity contribution in [3.05, 3.63) is 0 Å². The minimum atomic E-state index is 0.861. The highest BCUT2D eigenvalue weighted by molar-refractivity contribution is 7.99. The van der Waals surface area contributed by atoms with Gasteiger partial charge in [0, 0.05) is 17.3 Å².